The molecule has 0 heteroatoms. The highest BCUT2D eigenvalue weighted by atomic mass is 14.3. The van der Waals surface area contributed by atoms with E-state index in [0.717, 1.165) is 30.6 Å². The molecule has 0 radical (unpaired) electrons. The van der Waals surface area contributed by atoms with E-state index in [4.69, 9.17) is 0 Å². The molecule has 0 aliphatic rings. The van der Waals surface area contributed by atoms with Gasteiger partial charge in [-0.25, -0.2) is 0 Å². The molecule has 7 atom stereocenters. The Hall–Kier alpha value is -3.64. The smallest absolute Gasteiger partial charge is 0.0998 e. The Morgan fingerprint density at radius 1 is 0.554 bits per heavy atom. The second-order valence-corrected chi connectivity index (χ2v) is 17.8. The van der Waals surface area contributed by atoms with Crippen molar-refractivity contribution in [2.75, 3.05) is 0 Å². The molecule has 0 fully saturated rings. The standard InChI is InChI=1S/C28H42.C28H38/c2*1-6-25(27-18-11-8-12-19-27)21-28(22(2)3)20-23(4)14-13-15-24(5)26-16-9-7-10-17-26/h7-12,16-19,22-25,28H,6,13-15,20-21H2,1-5H3;7-12,14,16-19,24-25,28H,2,6,13,15,20-21H2,1,3-5H3/p+1/b;23-14+. The van der Waals surface area contributed by atoms with Crippen LogP contribution in [0.15, 0.2) is 145 Å². The zero-order valence-corrected chi connectivity index (χ0v) is 37.2. The number of rotatable bonds is 23. The van der Waals surface area contributed by atoms with Crippen molar-refractivity contribution < 1.29 is 1.43 Å². The van der Waals surface area contributed by atoms with Crippen LogP contribution in [0.3, 0.4) is 0 Å². The summed E-state index contributed by atoms with van der Waals surface area (Å²) >= 11 is 0. The van der Waals surface area contributed by atoms with Crippen LogP contribution in [0.25, 0.3) is 0 Å². The van der Waals surface area contributed by atoms with Gasteiger partial charge in [-0.1, -0.05) is 206 Å². The molecule has 0 bridgehead atoms. The van der Waals surface area contributed by atoms with Crippen LogP contribution in [0, 0.1) is 23.7 Å². The van der Waals surface area contributed by atoms with Gasteiger partial charge in [0, 0.05) is 0 Å². The molecule has 0 N–H and O–H groups in total. The van der Waals surface area contributed by atoms with Gasteiger partial charge in [-0.3, -0.25) is 0 Å². The molecule has 4 aromatic carbocycles. The van der Waals surface area contributed by atoms with E-state index in [1.165, 1.54) is 91.2 Å². The zero-order valence-electron chi connectivity index (χ0n) is 38.2. The number of allylic oxidation sites excluding steroid dienone is 3. The van der Waals surface area contributed by atoms with Gasteiger partial charge in [0.1, 0.15) is 0 Å². The van der Waals surface area contributed by atoms with Crippen molar-refractivity contribution in [3.05, 3.63) is 167 Å². The lowest BCUT2D eigenvalue weighted by atomic mass is 9.77. The predicted octanol–water partition coefficient (Wildman–Crippen LogP) is 17.6. The quantitative estimate of drug-likeness (QED) is 0.0662. The predicted molar refractivity (Wildman–Crippen MR) is 251 cm³/mol. The van der Waals surface area contributed by atoms with Crippen molar-refractivity contribution in [1.82, 2.24) is 0 Å². The minimum Gasteiger partial charge on any atom is -0.0998 e. The fourth-order valence-corrected chi connectivity index (χ4v) is 8.69. The minimum absolute atomic E-state index is 0. The molecular formula is C56H81+. The van der Waals surface area contributed by atoms with E-state index < -0.39 is 0 Å². The minimum atomic E-state index is 0. The van der Waals surface area contributed by atoms with Crippen molar-refractivity contribution in [3.8, 4) is 0 Å². The normalized spacial score (nSPS) is 15.5. The fourth-order valence-electron chi connectivity index (χ4n) is 8.69. The van der Waals surface area contributed by atoms with Gasteiger partial charge >= 0.3 is 1.43 Å². The first-order valence-corrected chi connectivity index (χ1v) is 22.5. The van der Waals surface area contributed by atoms with Crippen molar-refractivity contribution in [2.45, 2.75) is 157 Å². The first-order chi connectivity index (χ1) is 27.0. The topological polar surface area (TPSA) is 0 Å². The highest BCUT2D eigenvalue weighted by Gasteiger charge is 2.22. The third kappa shape index (κ3) is 17.2. The molecule has 0 aliphatic heterocycles. The molecule has 0 saturated carbocycles. The van der Waals surface area contributed by atoms with Crippen LogP contribution < -0.4 is 0 Å². The summed E-state index contributed by atoms with van der Waals surface area (Å²) < 4.78 is 0. The highest BCUT2D eigenvalue weighted by Crippen LogP contribution is 2.36. The average molecular weight is 754 g/mol. The summed E-state index contributed by atoms with van der Waals surface area (Å²) in [4.78, 5) is 0. The molecule has 0 amide bonds. The maximum atomic E-state index is 4.31. The second kappa shape index (κ2) is 26.3. The molecule has 0 heterocycles. The molecule has 0 nitrogen and oxygen atoms in total. The SMILES string of the molecule is C=C(C)C(C/C(C)=C/CCC(C)c1ccccc1)CC(CC)c1ccccc1.CCC(CC(CC(C)CCCC(C)c1ccccc1)C(C)C)c1ccccc1.[H+]. The van der Waals surface area contributed by atoms with Crippen LogP contribution in [-0.4, -0.2) is 0 Å². The van der Waals surface area contributed by atoms with Gasteiger partial charge in [-0.15, -0.1) is 0 Å². The summed E-state index contributed by atoms with van der Waals surface area (Å²) in [5, 5.41) is 0. The molecule has 304 valence electrons. The zero-order chi connectivity index (χ0) is 40.7. The monoisotopic (exact) mass is 754 g/mol. The van der Waals surface area contributed by atoms with E-state index in [9.17, 15) is 0 Å². The molecule has 0 saturated heterocycles. The lowest BCUT2D eigenvalue weighted by molar-refractivity contribution is 0.260. The Morgan fingerprint density at radius 3 is 1.41 bits per heavy atom. The van der Waals surface area contributed by atoms with E-state index in [0.29, 0.717) is 29.6 Å². The van der Waals surface area contributed by atoms with Gasteiger partial charge in [0.2, 0.25) is 0 Å². The Bertz CT molecular complexity index is 1610. The fraction of sp³-hybridized carbons (Fsp3) is 0.500. The summed E-state index contributed by atoms with van der Waals surface area (Å²) in [5.74, 6) is 5.60. The van der Waals surface area contributed by atoms with E-state index in [1.54, 1.807) is 0 Å². The first kappa shape index (κ1) is 46.7. The summed E-state index contributed by atoms with van der Waals surface area (Å²) in [7, 11) is 0. The van der Waals surface area contributed by atoms with Crippen molar-refractivity contribution in [1.29, 1.82) is 0 Å². The maximum Gasteiger partial charge on any atom is 1.00 e. The molecule has 4 aromatic rings. The first-order valence-electron chi connectivity index (χ1n) is 22.5. The van der Waals surface area contributed by atoms with E-state index >= 15 is 0 Å². The molecule has 7 unspecified atom stereocenters. The second-order valence-electron chi connectivity index (χ2n) is 17.8. The van der Waals surface area contributed by atoms with E-state index in [-0.39, 0.29) is 1.43 Å². The Kier molecular flexibility index (Phi) is 22.0. The maximum absolute atomic E-state index is 4.31. The summed E-state index contributed by atoms with van der Waals surface area (Å²) in [5.41, 5.74) is 8.76. The summed E-state index contributed by atoms with van der Waals surface area (Å²) in [6.45, 7) is 25.5. The van der Waals surface area contributed by atoms with Gasteiger partial charge in [0.15, 0.2) is 0 Å². The Balaban J connectivity index is 0.000000387. The molecular weight excluding hydrogens is 673 g/mol. The van der Waals surface area contributed by atoms with Crippen molar-refractivity contribution in [3.63, 3.8) is 0 Å². The van der Waals surface area contributed by atoms with Crippen LogP contribution in [0.4, 0.5) is 0 Å². The van der Waals surface area contributed by atoms with Gasteiger partial charge in [0.05, 0.1) is 0 Å². The lowest BCUT2D eigenvalue weighted by Gasteiger charge is -2.29. The van der Waals surface area contributed by atoms with Gasteiger partial charge in [0.25, 0.3) is 0 Å². The molecule has 56 heavy (non-hydrogen) atoms. The largest absolute Gasteiger partial charge is 1.00 e. The van der Waals surface area contributed by atoms with Gasteiger partial charge < -0.3 is 0 Å². The molecule has 4 rings (SSSR count). The van der Waals surface area contributed by atoms with Gasteiger partial charge in [-0.05, 0) is 141 Å². The number of hydrogen-bond acceptors (Lipinski definition) is 0. The summed E-state index contributed by atoms with van der Waals surface area (Å²) in [6.07, 6.45) is 16.3. The lowest BCUT2D eigenvalue weighted by Crippen LogP contribution is -2.16. The summed E-state index contributed by atoms with van der Waals surface area (Å²) in [6, 6.07) is 44.0. The van der Waals surface area contributed by atoms with Crippen LogP contribution >= 0.6 is 0 Å². The van der Waals surface area contributed by atoms with Crippen LogP contribution in [0.1, 0.15) is 180 Å². The Labute approximate surface area is 347 Å². The van der Waals surface area contributed by atoms with Crippen molar-refractivity contribution >= 4 is 0 Å². The third-order valence-corrected chi connectivity index (χ3v) is 12.8. The van der Waals surface area contributed by atoms with Crippen LogP contribution in [0.5, 0.6) is 0 Å². The number of hydrogen-bond donors (Lipinski definition) is 0. The molecule has 0 aromatic heterocycles. The average Bonchev–Trinajstić information content (AvgIpc) is 3.22. The molecule has 0 aliphatic carbocycles. The number of benzene rings is 4. The van der Waals surface area contributed by atoms with E-state index in [1.807, 2.05) is 0 Å². The highest BCUT2D eigenvalue weighted by molar-refractivity contribution is 5.22. The Morgan fingerprint density at radius 2 is 0.982 bits per heavy atom. The van der Waals surface area contributed by atoms with E-state index in [2.05, 4.69) is 196 Å². The van der Waals surface area contributed by atoms with Crippen LogP contribution in [-0.2, 0) is 0 Å². The van der Waals surface area contributed by atoms with Crippen molar-refractivity contribution in [2.24, 2.45) is 23.7 Å². The third-order valence-electron chi connectivity index (χ3n) is 12.8. The molecule has 0 spiro atoms. The van der Waals surface area contributed by atoms with Crippen LogP contribution in [0.2, 0.25) is 0 Å². The van der Waals surface area contributed by atoms with Gasteiger partial charge in [-0.2, -0.15) is 0 Å².